The molecule has 0 fully saturated rings. The van der Waals surface area contributed by atoms with Crippen LogP contribution in [0.4, 0.5) is 4.79 Å². The first-order chi connectivity index (χ1) is 11.1. The molecule has 2 heterocycles. The maximum absolute atomic E-state index is 12.5. The van der Waals surface area contributed by atoms with Gasteiger partial charge < -0.3 is 14.6 Å². The van der Waals surface area contributed by atoms with Gasteiger partial charge in [-0.3, -0.25) is 0 Å². The molecule has 1 aromatic carbocycles. The Bertz CT molecular complexity index is 762. The predicted molar refractivity (Wildman–Crippen MR) is 79.7 cm³/mol. The average molecular weight is 319 g/mol. The lowest BCUT2D eigenvalue weighted by atomic mass is 10.1. The van der Waals surface area contributed by atoms with Crippen LogP contribution in [0.2, 0.25) is 0 Å². The van der Waals surface area contributed by atoms with Gasteiger partial charge in [-0.15, -0.1) is 0 Å². The first kappa shape index (κ1) is 15.1. The fourth-order valence-corrected chi connectivity index (χ4v) is 2.72. The topological polar surface area (TPSA) is 95.6 Å². The first-order valence-corrected chi connectivity index (χ1v) is 7.29. The van der Waals surface area contributed by atoms with E-state index in [1.165, 1.54) is 9.25 Å². The molecule has 1 atom stereocenters. The molecule has 0 bridgehead atoms. The molecule has 0 radical (unpaired) electrons. The monoisotopic (exact) mass is 319 g/mol. The van der Waals surface area contributed by atoms with Crippen LogP contribution >= 0.6 is 0 Å². The Labute approximate surface area is 131 Å². The number of aryl methyl sites for hydroxylation is 1. The molecule has 1 aromatic heterocycles. The van der Waals surface area contributed by atoms with E-state index in [1.54, 1.807) is 7.11 Å². The van der Waals surface area contributed by atoms with Crippen molar-refractivity contribution in [2.45, 2.75) is 32.0 Å². The number of methoxy groups -OCH3 is 1. The van der Waals surface area contributed by atoms with E-state index in [9.17, 15) is 9.59 Å². The van der Waals surface area contributed by atoms with Crippen molar-refractivity contribution in [1.29, 1.82) is 0 Å². The number of carboxylic acid groups (broad SMARTS) is 1. The summed E-state index contributed by atoms with van der Waals surface area (Å²) >= 11 is 0. The van der Waals surface area contributed by atoms with Crippen molar-refractivity contribution in [2.24, 2.45) is 0 Å². The van der Waals surface area contributed by atoms with Gasteiger partial charge in [0.25, 0.3) is 0 Å². The zero-order valence-electron chi connectivity index (χ0n) is 12.6. The standard InChI is InChI=1S/C15H17N3O5/c1-22-11-7-5-10(6-8-11)9-17-14(19)18-12(16-17)3-2-4-13(18)23-15(20)21/h5-8,13H,2-4,9H2,1H3,(H,20,21). The Morgan fingerprint density at radius 2 is 2.13 bits per heavy atom. The van der Waals surface area contributed by atoms with Gasteiger partial charge in [0.15, 0.2) is 6.23 Å². The molecule has 1 N–H and O–H groups in total. The van der Waals surface area contributed by atoms with Crippen molar-refractivity contribution >= 4 is 6.16 Å². The number of fused-ring (bicyclic) bond motifs is 1. The Morgan fingerprint density at radius 3 is 2.78 bits per heavy atom. The summed E-state index contributed by atoms with van der Waals surface area (Å²) in [6.07, 6.45) is -0.347. The Balaban J connectivity index is 1.88. The molecule has 0 saturated heterocycles. The summed E-state index contributed by atoms with van der Waals surface area (Å²) in [6.45, 7) is 0.308. The Kier molecular flexibility index (Phi) is 4.05. The molecule has 122 valence electrons. The first-order valence-electron chi connectivity index (χ1n) is 7.29. The Morgan fingerprint density at radius 1 is 1.39 bits per heavy atom. The maximum atomic E-state index is 12.5. The van der Waals surface area contributed by atoms with Crippen molar-refractivity contribution in [3.63, 3.8) is 0 Å². The largest absolute Gasteiger partial charge is 0.507 e. The molecular weight excluding hydrogens is 302 g/mol. The number of hydrogen-bond donors (Lipinski definition) is 1. The summed E-state index contributed by atoms with van der Waals surface area (Å²) in [4.78, 5) is 23.3. The smallest absolute Gasteiger partial charge is 0.497 e. The van der Waals surface area contributed by atoms with Crippen LogP contribution < -0.4 is 10.4 Å². The molecule has 0 spiro atoms. The molecule has 8 nitrogen and oxygen atoms in total. The number of carbonyl (C=O) groups is 1. The highest BCUT2D eigenvalue weighted by Gasteiger charge is 2.28. The van der Waals surface area contributed by atoms with Crippen LogP contribution in [-0.4, -0.2) is 32.7 Å². The molecule has 0 aliphatic carbocycles. The molecule has 1 aliphatic rings. The van der Waals surface area contributed by atoms with Crippen LogP contribution in [0.25, 0.3) is 0 Å². The van der Waals surface area contributed by atoms with Crippen LogP contribution in [-0.2, 0) is 17.7 Å². The number of benzene rings is 1. The summed E-state index contributed by atoms with van der Waals surface area (Å²) < 4.78 is 12.6. The lowest BCUT2D eigenvalue weighted by Crippen LogP contribution is -2.33. The quantitative estimate of drug-likeness (QED) is 0.861. The lowest BCUT2D eigenvalue weighted by molar-refractivity contribution is 0.00392. The summed E-state index contributed by atoms with van der Waals surface area (Å²) in [6, 6.07) is 7.34. The highest BCUT2D eigenvalue weighted by atomic mass is 16.7. The molecule has 0 saturated carbocycles. The Hall–Kier alpha value is -2.77. The summed E-state index contributed by atoms with van der Waals surface area (Å²) in [7, 11) is 1.59. The normalized spacial score (nSPS) is 16.7. The van der Waals surface area contributed by atoms with Crippen molar-refractivity contribution in [1.82, 2.24) is 14.3 Å². The van der Waals surface area contributed by atoms with E-state index in [-0.39, 0.29) is 5.69 Å². The molecule has 2 aromatic rings. The van der Waals surface area contributed by atoms with Gasteiger partial charge in [-0.05, 0) is 24.1 Å². The zero-order valence-corrected chi connectivity index (χ0v) is 12.6. The van der Waals surface area contributed by atoms with Crippen molar-refractivity contribution < 1.29 is 19.4 Å². The fraction of sp³-hybridized carbons (Fsp3) is 0.400. The summed E-state index contributed by atoms with van der Waals surface area (Å²) in [5.41, 5.74) is 0.542. The number of aromatic nitrogens is 3. The molecule has 1 aliphatic heterocycles. The van der Waals surface area contributed by atoms with Gasteiger partial charge in [0.05, 0.1) is 13.7 Å². The van der Waals surface area contributed by atoms with Gasteiger partial charge >= 0.3 is 11.8 Å². The molecular formula is C15H17N3O5. The summed E-state index contributed by atoms with van der Waals surface area (Å²) in [5, 5.41) is 13.1. The van der Waals surface area contributed by atoms with E-state index in [0.29, 0.717) is 25.2 Å². The average Bonchev–Trinajstić information content (AvgIpc) is 2.85. The van der Waals surface area contributed by atoms with Gasteiger partial charge in [-0.2, -0.15) is 5.10 Å². The van der Waals surface area contributed by atoms with Crippen LogP contribution in [0.1, 0.15) is 30.5 Å². The fourth-order valence-electron chi connectivity index (χ4n) is 2.72. The van der Waals surface area contributed by atoms with Crippen LogP contribution in [0.15, 0.2) is 29.1 Å². The number of ether oxygens (including phenoxy) is 2. The maximum Gasteiger partial charge on any atom is 0.507 e. The third kappa shape index (κ3) is 3.05. The summed E-state index contributed by atoms with van der Waals surface area (Å²) in [5.74, 6) is 1.29. The van der Waals surface area contributed by atoms with Gasteiger partial charge in [-0.1, -0.05) is 12.1 Å². The second-order valence-electron chi connectivity index (χ2n) is 5.31. The molecule has 1 unspecified atom stereocenters. The van der Waals surface area contributed by atoms with Crippen molar-refractivity contribution in [2.75, 3.05) is 7.11 Å². The van der Waals surface area contributed by atoms with Crippen molar-refractivity contribution in [3.05, 3.63) is 46.1 Å². The highest BCUT2D eigenvalue weighted by Crippen LogP contribution is 2.23. The second-order valence-corrected chi connectivity index (χ2v) is 5.31. The van der Waals surface area contributed by atoms with E-state index in [4.69, 9.17) is 14.6 Å². The SMILES string of the molecule is COc1ccc(Cn2nc3n(c2=O)C(OC(=O)O)CCC3)cc1. The molecule has 0 amide bonds. The van der Waals surface area contributed by atoms with Gasteiger partial charge in [-0.25, -0.2) is 18.8 Å². The second kappa shape index (κ2) is 6.15. The molecule has 8 heteroatoms. The number of rotatable bonds is 4. The zero-order chi connectivity index (χ0) is 16.4. The minimum Gasteiger partial charge on any atom is -0.497 e. The third-order valence-corrected chi connectivity index (χ3v) is 3.81. The number of nitrogens with zero attached hydrogens (tertiary/aromatic N) is 3. The molecule has 3 rings (SSSR count). The van der Waals surface area contributed by atoms with E-state index >= 15 is 0 Å². The van der Waals surface area contributed by atoms with E-state index < -0.39 is 12.4 Å². The number of hydrogen-bond acceptors (Lipinski definition) is 5. The van der Waals surface area contributed by atoms with E-state index in [2.05, 4.69) is 5.10 Å². The lowest BCUT2D eigenvalue weighted by Gasteiger charge is -2.21. The minimum absolute atomic E-state index is 0.308. The van der Waals surface area contributed by atoms with Crippen LogP contribution in [0, 0.1) is 0 Å². The predicted octanol–water partition coefficient (Wildman–Crippen LogP) is 1.63. The van der Waals surface area contributed by atoms with Crippen LogP contribution in [0.3, 0.4) is 0 Å². The van der Waals surface area contributed by atoms with Crippen molar-refractivity contribution in [3.8, 4) is 5.75 Å². The van der Waals surface area contributed by atoms with E-state index in [0.717, 1.165) is 17.7 Å². The van der Waals surface area contributed by atoms with E-state index in [1.807, 2.05) is 24.3 Å². The third-order valence-electron chi connectivity index (χ3n) is 3.81. The highest BCUT2D eigenvalue weighted by molar-refractivity contribution is 5.56. The molecule has 23 heavy (non-hydrogen) atoms. The minimum atomic E-state index is -1.39. The van der Waals surface area contributed by atoms with Gasteiger partial charge in [0.1, 0.15) is 11.6 Å². The van der Waals surface area contributed by atoms with Gasteiger partial charge in [0, 0.05) is 12.8 Å². The van der Waals surface area contributed by atoms with Gasteiger partial charge in [0.2, 0.25) is 0 Å². The van der Waals surface area contributed by atoms with Crippen LogP contribution in [0.5, 0.6) is 5.75 Å².